The molecule has 0 radical (unpaired) electrons. The molecule has 0 saturated carbocycles. The number of benzene rings is 1. The van der Waals surface area contributed by atoms with E-state index < -0.39 is 42.0 Å². The Kier molecular flexibility index (Phi) is 10.3. The Morgan fingerprint density at radius 2 is 1.67 bits per heavy atom. The van der Waals surface area contributed by atoms with Gasteiger partial charge in [-0.2, -0.15) is 0 Å². The quantitative estimate of drug-likeness (QED) is 0.460. The number of unbranched alkanes of at least 4 members (excludes halogenated alkanes) is 1. The van der Waals surface area contributed by atoms with Crippen LogP contribution in [0.3, 0.4) is 0 Å². The number of alkyl carbamates (subject to hydrolysis) is 1. The van der Waals surface area contributed by atoms with E-state index in [1.54, 1.807) is 20.8 Å². The normalized spacial score (nSPS) is 12.9. The van der Waals surface area contributed by atoms with Crippen LogP contribution in [0.15, 0.2) is 18.2 Å². The number of aryl methyl sites for hydroxylation is 2. The van der Waals surface area contributed by atoms with Gasteiger partial charge in [0.15, 0.2) is 0 Å². The number of rotatable bonds is 10. The molecule has 1 aromatic carbocycles. The second-order valence-electron chi connectivity index (χ2n) is 9.29. The van der Waals surface area contributed by atoms with Crippen LogP contribution in [0.5, 0.6) is 0 Å². The highest BCUT2D eigenvalue weighted by molar-refractivity contribution is 5.94. The molecule has 0 bridgehead atoms. The Labute approximate surface area is 196 Å². The van der Waals surface area contributed by atoms with Crippen LogP contribution >= 0.6 is 0 Å². The number of ether oxygens (including phenoxy) is 1. The Morgan fingerprint density at radius 3 is 2.15 bits per heavy atom. The van der Waals surface area contributed by atoms with Gasteiger partial charge < -0.3 is 26.0 Å². The third-order valence-corrected chi connectivity index (χ3v) is 4.77. The molecule has 1 aromatic rings. The van der Waals surface area contributed by atoms with Gasteiger partial charge in [0.05, 0.1) is 6.42 Å². The molecule has 9 heteroatoms. The average Bonchev–Trinajstić information content (AvgIpc) is 2.64. The molecular formula is C24H38N4O5. The zero-order chi connectivity index (χ0) is 25.3. The lowest BCUT2D eigenvalue weighted by molar-refractivity contribution is -0.141. The summed E-state index contributed by atoms with van der Waals surface area (Å²) in [6.07, 6.45) is 0.419. The average molecular weight is 463 g/mol. The van der Waals surface area contributed by atoms with Gasteiger partial charge in [0, 0.05) is 13.6 Å². The molecular weight excluding hydrogens is 424 g/mol. The summed E-state index contributed by atoms with van der Waals surface area (Å²) < 4.78 is 5.22. The van der Waals surface area contributed by atoms with Crippen molar-refractivity contribution >= 4 is 23.8 Å². The van der Waals surface area contributed by atoms with Gasteiger partial charge >= 0.3 is 6.09 Å². The van der Waals surface area contributed by atoms with E-state index in [0.717, 1.165) is 24.0 Å². The second kappa shape index (κ2) is 12.2. The van der Waals surface area contributed by atoms with Gasteiger partial charge in [0.25, 0.3) is 0 Å². The van der Waals surface area contributed by atoms with Gasteiger partial charge in [-0.25, -0.2) is 4.79 Å². The van der Waals surface area contributed by atoms with Crippen molar-refractivity contribution in [3.8, 4) is 0 Å². The van der Waals surface area contributed by atoms with Crippen molar-refractivity contribution in [3.05, 3.63) is 34.9 Å². The van der Waals surface area contributed by atoms with Gasteiger partial charge in [-0.15, -0.1) is 0 Å². The third-order valence-electron chi connectivity index (χ3n) is 4.77. The fourth-order valence-corrected chi connectivity index (χ4v) is 3.43. The lowest BCUT2D eigenvalue weighted by atomic mass is 9.98. The van der Waals surface area contributed by atoms with E-state index in [0.29, 0.717) is 12.1 Å². The van der Waals surface area contributed by atoms with E-state index in [-0.39, 0.29) is 5.91 Å². The molecule has 1 rings (SSSR count). The van der Waals surface area contributed by atoms with Crippen LogP contribution in [0.1, 0.15) is 69.7 Å². The highest BCUT2D eigenvalue weighted by Gasteiger charge is 2.35. The molecule has 2 unspecified atom stereocenters. The highest BCUT2D eigenvalue weighted by atomic mass is 16.6. The first-order valence-corrected chi connectivity index (χ1v) is 11.2. The smallest absolute Gasteiger partial charge is 0.408 e. The van der Waals surface area contributed by atoms with Crippen LogP contribution in [0, 0.1) is 13.8 Å². The zero-order valence-corrected chi connectivity index (χ0v) is 20.8. The van der Waals surface area contributed by atoms with Crippen LogP contribution < -0.4 is 16.4 Å². The molecule has 0 aliphatic carbocycles. The number of primary amides is 1. The first-order valence-electron chi connectivity index (χ1n) is 11.2. The predicted molar refractivity (Wildman–Crippen MR) is 126 cm³/mol. The minimum Gasteiger partial charge on any atom is -0.444 e. The molecule has 0 fully saturated rings. The van der Waals surface area contributed by atoms with E-state index >= 15 is 0 Å². The molecule has 9 nitrogen and oxygen atoms in total. The van der Waals surface area contributed by atoms with E-state index in [1.807, 2.05) is 39.0 Å². The molecule has 4 amide bonds. The molecule has 184 valence electrons. The van der Waals surface area contributed by atoms with Gasteiger partial charge in [0.1, 0.15) is 17.7 Å². The van der Waals surface area contributed by atoms with Crippen molar-refractivity contribution in [2.75, 3.05) is 13.6 Å². The van der Waals surface area contributed by atoms with Gasteiger partial charge in [-0.3, -0.25) is 14.4 Å². The molecule has 0 aliphatic rings. The highest BCUT2D eigenvalue weighted by Crippen LogP contribution is 2.24. The lowest BCUT2D eigenvalue weighted by Crippen LogP contribution is -2.52. The number of hydrogen-bond acceptors (Lipinski definition) is 5. The summed E-state index contributed by atoms with van der Waals surface area (Å²) in [7, 11) is 1.47. The second-order valence-corrected chi connectivity index (χ2v) is 9.29. The third kappa shape index (κ3) is 9.51. The number of nitrogens with zero attached hydrogens (tertiary/aromatic N) is 1. The minimum absolute atomic E-state index is 0.348. The van der Waals surface area contributed by atoms with Crippen molar-refractivity contribution < 1.29 is 23.9 Å². The minimum atomic E-state index is -1.28. The Hall–Kier alpha value is -3.10. The Balaban J connectivity index is 3.27. The number of carbonyl (C=O) groups excluding carboxylic acids is 4. The van der Waals surface area contributed by atoms with Crippen molar-refractivity contribution in [3.63, 3.8) is 0 Å². The molecule has 0 aliphatic heterocycles. The number of likely N-dealkylation sites (N-methyl/N-ethyl adjacent to an activating group) is 1. The standard InChI is InChI=1S/C24H38N4O5/c1-8-9-10-26-21(30)20(17-12-15(2)11-16(3)13-17)28(7)22(31)18(14-19(25)29)27-23(32)33-24(4,5)6/h11-13,18,20H,8-10,14H2,1-7H3,(H2,25,29)(H,26,30)(H,27,32). The number of nitrogens with two attached hydrogens (primary N) is 1. The summed E-state index contributed by atoms with van der Waals surface area (Å²) >= 11 is 0. The number of hydrogen-bond donors (Lipinski definition) is 3. The molecule has 0 heterocycles. The summed E-state index contributed by atoms with van der Waals surface area (Å²) in [4.78, 5) is 51.6. The monoisotopic (exact) mass is 462 g/mol. The maximum Gasteiger partial charge on any atom is 0.408 e. The SMILES string of the molecule is CCCCNC(=O)C(c1cc(C)cc(C)c1)N(C)C(=O)C(CC(N)=O)NC(=O)OC(C)(C)C. The Bertz CT molecular complexity index is 843. The van der Waals surface area contributed by atoms with Crippen molar-refractivity contribution in [2.45, 2.75) is 78.5 Å². The van der Waals surface area contributed by atoms with E-state index in [4.69, 9.17) is 10.5 Å². The van der Waals surface area contributed by atoms with E-state index in [9.17, 15) is 19.2 Å². The van der Waals surface area contributed by atoms with Gasteiger partial charge in [-0.05, 0) is 46.6 Å². The van der Waals surface area contributed by atoms with Crippen molar-refractivity contribution in [1.29, 1.82) is 0 Å². The van der Waals surface area contributed by atoms with Crippen molar-refractivity contribution in [1.82, 2.24) is 15.5 Å². The van der Waals surface area contributed by atoms with Crippen LogP contribution in [0.2, 0.25) is 0 Å². The van der Waals surface area contributed by atoms with Crippen LogP contribution in [-0.4, -0.2) is 54.0 Å². The molecule has 0 aromatic heterocycles. The van der Waals surface area contributed by atoms with Crippen LogP contribution in [0.25, 0.3) is 0 Å². The largest absolute Gasteiger partial charge is 0.444 e. The zero-order valence-electron chi connectivity index (χ0n) is 20.8. The van der Waals surface area contributed by atoms with Crippen molar-refractivity contribution in [2.24, 2.45) is 5.73 Å². The fraction of sp³-hybridized carbons (Fsp3) is 0.583. The molecule has 2 atom stereocenters. The van der Waals surface area contributed by atoms with E-state index in [1.165, 1.54) is 11.9 Å². The topological polar surface area (TPSA) is 131 Å². The molecule has 33 heavy (non-hydrogen) atoms. The maximum atomic E-state index is 13.4. The first-order chi connectivity index (χ1) is 15.2. The lowest BCUT2D eigenvalue weighted by Gasteiger charge is -2.31. The molecule has 0 saturated heterocycles. The van der Waals surface area contributed by atoms with Crippen LogP contribution in [-0.2, 0) is 19.1 Å². The first kappa shape index (κ1) is 27.9. The van der Waals surface area contributed by atoms with Gasteiger partial charge in [-0.1, -0.05) is 42.7 Å². The fourth-order valence-electron chi connectivity index (χ4n) is 3.43. The summed E-state index contributed by atoms with van der Waals surface area (Å²) in [6, 6.07) is 3.41. The number of amides is 4. The maximum absolute atomic E-state index is 13.4. The molecule has 4 N–H and O–H groups in total. The summed E-state index contributed by atoms with van der Waals surface area (Å²) in [6.45, 7) is 11.3. The molecule has 0 spiro atoms. The van der Waals surface area contributed by atoms with Gasteiger partial charge in [0.2, 0.25) is 17.7 Å². The predicted octanol–water partition coefficient (Wildman–Crippen LogP) is 2.49. The van der Waals surface area contributed by atoms with Crippen LogP contribution in [0.4, 0.5) is 4.79 Å². The summed E-state index contributed by atoms with van der Waals surface area (Å²) in [5, 5.41) is 5.29. The Morgan fingerprint density at radius 1 is 1.09 bits per heavy atom. The number of carbonyl (C=O) groups is 4. The summed E-state index contributed by atoms with van der Waals surface area (Å²) in [5.41, 5.74) is 7.04. The number of nitrogens with one attached hydrogen (secondary N) is 2. The van der Waals surface area contributed by atoms with E-state index in [2.05, 4.69) is 10.6 Å². The summed E-state index contributed by atoms with van der Waals surface area (Å²) in [5.74, 6) is -1.75.